The largest absolute Gasteiger partial charge is 0.340 e. The quantitative estimate of drug-likeness (QED) is 0.319. The number of hydrogen-bond donors (Lipinski definition) is 2. The molecule has 2 aromatic heterocycles. The van der Waals surface area contributed by atoms with Crippen molar-refractivity contribution in [3.8, 4) is 22.5 Å². The third-order valence-electron chi connectivity index (χ3n) is 5.80. The van der Waals surface area contributed by atoms with Gasteiger partial charge in [-0.15, -0.1) is 0 Å². The number of nitrogens with zero attached hydrogens (tertiary/aromatic N) is 3. The molecule has 0 spiro atoms. The Hall–Kier alpha value is -3.91. The van der Waals surface area contributed by atoms with E-state index in [9.17, 15) is 9.18 Å². The molecular weight excluding hydrogens is 461 g/mol. The molecule has 0 radical (unpaired) electrons. The van der Waals surface area contributed by atoms with Crippen LogP contribution in [-0.4, -0.2) is 44.1 Å². The number of aromatic amines is 1. The number of rotatable bonds is 7. The van der Waals surface area contributed by atoms with Crippen molar-refractivity contribution in [1.82, 2.24) is 19.9 Å². The number of likely N-dealkylation sites (tertiary alicyclic amines) is 1. The van der Waals surface area contributed by atoms with Gasteiger partial charge in [0, 0.05) is 41.4 Å². The van der Waals surface area contributed by atoms with Crippen LogP contribution in [0.5, 0.6) is 0 Å². The molecule has 1 unspecified atom stereocenters. The summed E-state index contributed by atoms with van der Waals surface area (Å²) < 4.78 is 13.6. The van der Waals surface area contributed by atoms with Gasteiger partial charge < -0.3 is 15.2 Å². The smallest absolute Gasteiger partial charge is 0.245 e. The molecule has 0 saturated carbocycles. The fourth-order valence-corrected chi connectivity index (χ4v) is 5.17. The predicted molar refractivity (Wildman–Crippen MR) is 138 cm³/mol. The molecule has 6 nitrogen and oxygen atoms in total. The van der Waals surface area contributed by atoms with E-state index in [1.807, 2.05) is 42.5 Å². The normalized spacial score (nSPS) is 15.2. The first-order chi connectivity index (χ1) is 17.1. The van der Waals surface area contributed by atoms with Crippen LogP contribution in [0, 0.1) is 5.82 Å². The topological polar surface area (TPSA) is 73.9 Å². The number of nitrogens with one attached hydrogen (secondary N) is 2. The fraction of sp³-hybridized carbons (Fsp3) is 0.148. The summed E-state index contributed by atoms with van der Waals surface area (Å²) in [6, 6.07) is 20.1. The first kappa shape index (κ1) is 22.9. The van der Waals surface area contributed by atoms with E-state index in [1.165, 1.54) is 18.2 Å². The molecular formula is C27H24FN5OS. The lowest BCUT2D eigenvalue weighted by Gasteiger charge is -2.13. The van der Waals surface area contributed by atoms with Gasteiger partial charge in [-0.25, -0.2) is 14.4 Å². The summed E-state index contributed by atoms with van der Waals surface area (Å²) in [6.07, 6.45) is 3.98. The Bertz CT molecular complexity index is 1340. The van der Waals surface area contributed by atoms with E-state index in [2.05, 4.69) is 21.9 Å². The van der Waals surface area contributed by atoms with Crippen molar-refractivity contribution in [1.29, 1.82) is 0 Å². The Kier molecular flexibility index (Phi) is 6.63. The number of para-hydroxylation sites is 1. The molecule has 1 fully saturated rings. The maximum absolute atomic E-state index is 13.6. The Morgan fingerprint density at radius 3 is 2.71 bits per heavy atom. The van der Waals surface area contributed by atoms with Crippen molar-refractivity contribution in [2.45, 2.75) is 16.8 Å². The van der Waals surface area contributed by atoms with E-state index < -0.39 is 0 Å². The Balaban J connectivity index is 1.46. The molecule has 176 valence electrons. The lowest BCUT2D eigenvalue weighted by Crippen LogP contribution is -2.27. The number of thioether (sulfide) groups is 1. The molecule has 0 aliphatic carbocycles. The van der Waals surface area contributed by atoms with Gasteiger partial charge in [0.05, 0.1) is 11.4 Å². The zero-order chi connectivity index (χ0) is 24.2. The minimum absolute atomic E-state index is 0.0459. The molecule has 0 bridgehead atoms. The van der Waals surface area contributed by atoms with Crippen LogP contribution in [0.3, 0.4) is 0 Å². The number of pyridine rings is 1. The number of benzene rings is 2. The standard InChI is InChI=1S/C27H24FN5OS/c1-2-24(34)33-15-13-22(17-33)35-27-31-25(18-8-10-20(28)11-9-18)26(32-27)19-12-14-29-23(16-19)30-21-6-4-3-5-7-21/h2-12,14,16,22H,1,13,15,17H2,(H,29,30)(H,31,32). The van der Waals surface area contributed by atoms with Gasteiger partial charge in [-0.2, -0.15) is 0 Å². The number of aromatic nitrogens is 3. The summed E-state index contributed by atoms with van der Waals surface area (Å²) in [4.78, 5) is 26.6. The maximum atomic E-state index is 13.6. The van der Waals surface area contributed by atoms with Gasteiger partial charge >= 0.3 is 0 Å². The Morgan fingerprint density at radius 2 is 1.94 bits per heavy atom. The van der Waals surface area contributed by atoms with Crippen molar-refractivity contribution in [2.24, 2.45) is 0 Å². The second kappa shape index (κ2) is 10.1. The SMILES string of the molecule is C=CC(=O)N1CCC(Sc2nc(-c3ccnc(Nc4ccccc4)c3)c(-c3ccc(F)cc3)[nH]2)C1. The highest BCUT2D eigenvalue weighted by Crippen LogP contribution is 2.36. The van der Waals surface area contributed by atoms with Gasteiger partial charge in [0.15, 0.2) is 5.16 Å². The van der Waals surface area contributed by atoms with Gasteiger partial charge in [-0.3, -0.25) is 4.79 Å². The zero-order valence-electron chi connectivity index (χ0n) is 18.9. The van der Waals surface area contributed by atoms with Crippen LogP contribution in [0.4, 0.5) is 15.9 Å². The van der Waals surface area contributed by atoms with Crippen molar-refractivity contribution >= 4 is 29.2 Å². The number of anilines is 2. The third-order valence-corrected chi connectivity index (χ3v) is 6.94. The second-order valence-corrected chi connectivity index (χ2v) is 9.50. The first-order valence-corrected chi connectivity index (χ1v) is 12.2. The summed E-state index contributed by atoms with van der Waals surface area (Å²) in [5, 5.41) is 4.30. The Morgan fingerprint density at radius 1 is 1.14 bits per heavy atom. The minimum Gasteiger partial charge on any atom is -0.340 e. The van der Waals surface area contributed by atoms with Crippen molar-refractivity contribution in [2.75, 3.05) is 18.4 Å². The third kappa shape index (κ3) is 5.27. The molecule has 1 amide bonds. The van der Waals surface area contributed by atoms with Crippen LogP contribution in [0.25, 0.3) is 22.5 Å². The van der Waals surface area contributed by atoms with E-state index in [4.69, 9.17) is 4.98 Å². The average Bonchev–Trinajstić information content (AvgIpc) is 3.52. The van der Waals surface area contributed by atoms with Crippen LogP contribution < -0.4 is 5.32 Å². The minimum atomic E-state index is -0.291. The average molecular weight is 486 g/mol. The molecule has 4 aromatic rings. The summed E-state index contributed by atoms with van der Waals surface area (Å²) in [5.41, 5.74) is 4.23. The van der Waals surface area contributed by atoms with E-state index in [-0.39, 0.29) is 17.0 Å². The number of H-pyrrole nitrogens is 1. The number of imidazole rings is 1. The summed E-state index contributed by atoms with van der Waals surface area (Å²) in [7, 11) is 0. The van der Waals surface area contributed by atoms with Crippen LogP contribution >= 0.6 is 11.8 Å². The van der Waals surface area contributed by atoms with Crippen molar-refractivity contribution in [3.05, 3.63) is 91.4 Å². The first-order valence-electron chi connectivity index (χ1n) is 11.3. The fourth-order valence-electron chi connectivity index (χ4n) is 4.07. The summed E-state index contributed by atoms with van der Waals surface area (Å²) in [6.45, 7) is 4.94. The molecule has 5 rings (SSSR count). The zero-order valence-corrected chi connectivity index (χ0v) is 19.8. The lowest BCUT2D eigenvalue weighted by molar-refractivity contribution is -0.124. The molecule has 1 saturated heterocycles. The monoisotopic (exact) mass is 485 g/mol. The van der Waals surface area contributed by atoms with Gasteiger partial charge in [0.25, 0.3) is 0 Å². The van der Waals surface area contributed by atoms with Crippen LogP contribution in [-0.2, 0) is 4.79 Å². The van der Waals surface area contributed by atoms with Crippen molar-refractivity contribution in [3.63, 3.8) is 0 Å². The number of hydrogen-bond acceptors (Lipinski definition) is 5. The van der Waals surface area contributed by atoms with Crippen molar-refractivity contribution < 1.29 is 9.18 Å². The number of amides is 1. The molecule has 1 atom stereocenters. The predicted octanol–water partition coefficient (Wildman–Crippen LogP) is 5.90. The molecule has 2 N–H and O–H groups in total. The molecule has 8 heteroatoms. The number of halogens is 1. The molecule has 3 heterocycles. The van der Waals surface area contributed by atoms with Gasteiger partial charge in [-0.05, 0) is 61.0 Å². The maximum Gasteiger partial charge on any atom is 0.245 e. The lowest BCUT2D eigenvalue weighted by atomic mass is 10.1. The summed E-state index contributed by atoms with van der Waals surface area (Å²) in [5.74, 6) is 0.362. The highest BCUT2D eigenvalue weighted by Gasteiger charge is 2.27. The van der Waals surface area contributed by atoms with Gasteiger partial charge in [0.2, 0.25) is 5.91 Å². The van der Waals surface area contributed by atoms with Crippen LogP contribution in [0.15, 0.2) is 90.7 Å². The van der Waals surface area contributed by atoms with Gasteiger partial charge in [-0.1, -0.05) is 36.5 Å². The van der Waals surface area contributed by atoms with Crippen LogP contribution in [0.1, 0.15) is 6.42 Å². The molecule has 35 heavy (non-hydrogen) atoms. The highest BCUT2D eigenvalue weighted by atomic mass is 32.2. The van der Waals surface area contributed by atoms with E-state index >= 15 is 0 Å². The number of carbonyl (C=O) groups excluding carboxylic acids is 1. The molecule has 1 aliphatic rings. The number of carbonyl (C=O) groups is 1. The molecule has 2 aromatic carbocycles. The Labute approximate surface area is 207 Å². The van der Waals surface area contributed by atoms with E-state index in [0.717, 1.165) is 39.8 Å². The summed E-state index contributed by atoms with van der Waals surface area (Å²) >= 11 is 1.62. The highest BCUT2D eigenvalue weighted by molar-refractivity contribution is 7.99. The van der Waals surface area contributed by atoms with E-state index in [0.29, 0.717) is 18.9 Å². The van der Waals surface area contributed by atoms with Gasteiger partial charge in [0.1, 0.15) is 11.6 Å². The van der Waals surface area contributed by atoms with Crippen LogP contribution in [0.2, 0.25) is 0 Å². The second-order valence-electron chi connectivity index (χ2n) is 8.21. The molecule has 1 aliphatic heterocycles. The van der Waals surface area contributed by atoms with E-state index in [1.54, 1.807) is 35.0 Å².